The van der Waals surface area contributed by atoms with E-state index in [1.54, 1.807) is 19.1 Å². The average molecular weight is 369 g/mol. The SMILES string of the molecule is CCS(=O)(=O)CCN(Cc1ccccc1Cl)C(=O)C1=CC(C)=NC1. The van der Waals surface area contributed by atoms with Gasteiger partial charge in [-0.15, -0.1) is 0 Å². The summed E-state index contributed by atoms with van der Waals surface area (Å²) in [5.74, 6) is -0.194. The van der Waals surface area contributed by atoms with Gasteiger partial charge in [-0.3, -0.25) is 9.79 Å². The normalized spacial score (nSPS) is 14.3. The molecule has 0 saturated heterocycles. The highest BCUT2D eigenvalue weighted by Crippen LogP contribution is 2.19. The zero-order valence-corrected chi connectivity index (χ0v) is 15.4. The van der Waals surface area contributed by atoms with Gasteiger partial charge < -0.3 is 4.90 Å². The number of rotatable bonds is 7. The molecule has 130 valence electrons. The molecule has 5 nitrogen and oxygen atoms in total. The highest BCUT2D eigenvalue weighted by Gasteiger charge is 2.23. The summed E-state index contributed by atoms with van der Waals surface area (Å²) in [6.45, 7) is 4.18. The molecule has 0 radical (unpaired) electrons. The van der Waals surface area contributed by atoms with Crippen LogP contribution in [0, 0.1) is 0 Å². The molecule has 0 fully saturated rings. The van der Waals surface area contributed by atoms with Gasteiger partial charge in [0.25, 0.3) is 5.91 Å². The molecule has 0 saturated carbocycles. The van der Waals surface area contributed by atoms with Crippen LogP contribution in [-0.2, 0) is 21.2 Å². The third-order valence-electron chi connectivity index (χ3n) is 3.87. The number of sulfone groups is 1. The Balaban J connectivity index is 2.19. The van der Waals surface area contributed by atoms with Crippen LogP contribution in [0.1, 0.15) is 19.4 Å². The van der Waals surface area contributed by atoms with Crippen LogP contribution in [0.5, 0.6) is 0 Å². The van der Waals surface area contributed by atoms with Crippen molar-refractivity contribution < 1.29 is 13.2 Å². The summed E-state index contributed by atoms with van der Waals surface area (Å²) < 4.78 is 23.6. The molecular formula is C17H21ClN2O3S. The van der Waals surface area contributed by atoms with Gasteiger partial charge in [-0.25, -0.2) is 8.42 Å². The lowest BCUT2D eigenvalue weighted by atomic mass is 10.1. The van der Waals surface area contributed by atoms with E-state index >= 15 is 0 Å². The van der Waals surface area contributed by atoms with E-state index in [2.05, 4.69) is 4.99 Å². The molecule has 1 aliphatic rings. The van der Waals surface area contributed by atoms with E-state index in [-0.39, 0.29) is 30.5 Å². The smallest absolute Gasteiger partial charge is 0.252 e. The molecule has 0 aliphatic carbocycles. The Kier molecular flexibility index (Phi) is 6.18. The van der Waals surface area contributed by atoms with Crippen LogP contribution < -0.4 is 0 Å². The van der Waals surface area contributed by atoms with Crippen molar-refractivity contribution in [2.24, 2.45) is 4.99 Å². The lowest BCUT2D eigenvalue weighted by Gasteiger charge is -2.23. The Hall–Kier alpha value is -1.66. The summed E-state index contributed by atoms with van der Waals surface area (Å²) in [7, 11) is -3.16. The zero-order valence-electron chi connectivity index (χ0n) is 13.8. The quantitative estimate of drug-likeness (QED) is 0.742. The van der Waals surface area contributed by atoms with Gasteiger partial charge in [0, 0.05) is 35.1 Å². The maximum atomic E-state index is 12.8. The number of benzene rings is 1. The van der Waals surface area contributed by atoms with Crippen LogP contribution in [0.4, 0.5) is 0 Å². The van der Waals surface area contributed by atoms with Crippen molar-refractivity contribution in [1.29, 1.82) is 0 Å². The Morgan fingerprint density at radius 3 is 2.62 bits per heavy atom. The Morgan fingerprint density at radius 1 is 1.33 bits per heavy atom. The van der Waals surface area contributed by atoms with Crippen molar-refractivity contribution >= 4 is 33.1 Å². The zero-order chi connectivity index (χ0) is 17.7. The molecule has 7 heteroatoms. The number of aliphatic imine (C=N–C) groups is 1. The van der Waals surface area contributed by atoms with E-state index in [9.17, 15) is 13.2 Å². The van der Waals surface area contributed by atoms with Crippen LogP contribution in [0.25, 0.3) is 0 Å². The monoisotopic (exact) mass is 368 g/mol. The predicted molar refractivity (Wildman–Crippen MR) is 97.3 cm³/mol. The van der Waals surface area contributed by atoms with Gasteiger partial charge in [0.1, 0.15) is 0 Å². The van der Waals surface area contributed by atoms with Crippen molar-refractivity contribution in [3.05, 3.63) is 46.5 Å². The fourth-order valence-electron chi connectivity index (χ4n) is 2.36. The van der Waals surface area contributed by atoms with Crippen molar-refractivity contribution in [3.63, 3.8) is 0 Å². The summed E-state index contributed by atoms with van der Waals surface area (Å²) in [5, 5.41) is 0.557. The third kappa shape index (κ3) is 4.92. The van der Waals surface area contributed by atoms with E-state index in [0.29, 0.717) is 17.1 Å². The lowest BCUT2D eigenvalue weighted by molar-refractivity contribution is -0.127. The molecule has 0 N–H and O–H groups in total. The maximum Gasteiger partial charge on any atom is 0.252 e. The van der Waals surface area contributed by atoms with Crippen molar-refractivity contribution in [1.82, 2.24) is 4.90 Å². The van der Waals surface area contributed by atoms with Gasteiger partial charge in [0.2, 0.25) is 0 Å². The first kappa shape index (κ1) is 18.7. The second-order valence-corrected chi connectivity index (χ2v) is 8.56. The van der Waals surface area contributed by atoms with E-state index in [1.165, 1.54) is 4.90 Å². The molecule has 24 heavy (non-hydrogen) atoms. The molecule has 1 heterocycles. The van der Waals surface area contributed by atoms with Crippen molar-refractivity contribution in [2.45, 2.75) is 20.4 Å². The van der Waals surface area contributed by atoms with Crippen LogP contribution >= 0.6 is 11.6 Å². The minimum atomic E-state index is -3.16. The molecule has 0 aromatic heterocycles. The number of carbonyl (C=O) groups is 1. The predicted octanol–water partition coefficient (Wildman–Crippen LogP) is 2.50. The van der Waals surface area contributed by atoms with Gasteiger partial charge in [0.15, 0.2) is 9.84 Å². The highest BCUT2D eigenvalue weighted by molar-refractivity contribution is 7.91. The molecule has 0 atom stereocenters. The second-order valence-electron chi connectivity index (χ2n) is 5.68. The van der Waals surface area contributed by atoms with Crippen LogP contribution in [0.15, 0.2) is 40.9 Å². The molecule has 0 bridgehead atoms. The minimum absolute atomic E-state index is 0.0615. The number of hydrogen-bond acceptors (Lipinski definition) is 4. The van der Waals surface area contributed by atoms with Crippen LogP contribution in [0.3, 0.4) is 0 Å². The lowest BCUT2D eigenvalue weighted by Crippen LogP contribution is -2.36. The largest absolute Gasteiger partial charge is 0.333 e. The van der Waals surface area contributed by atoms with Gasteiger partial charge in [0.05, 0.1) is 12.3 Å². The maximum absolute atomic E-state index is 12.8. The van der Waals surface area contributed by atoms with Crippen LogP contribution in [-0.4, -0.2) is 49.5 Å². The summed E-state index contributed by atoms with van der Waals surface area (Å²) in [5.41, 5.74) is 2.17. The summed E-state index contributed by atoms with van der Waals surface area (Å²) in [4.78, 5) is 18.5. The number of nitrogens with zero attached hydrogens (tertiary/aromatic N) is 2. The van der Waals surface area contributed by atoms with E-state index in [0.717, 1.165) is 11.3 Å². The molecule has 1 aromatic carbocycles. The summed E-state index contributed by atoms with van der Waals surface area (Å²) in [6, 6.07) is 7.25. The number of hydrogen-bond donors (Lipinski definition) is 0. The Morgan fingerprint density at radius 2 is 2.04 bits per heavy atom. The van der Waals surface area contributed by atoms with Crippen molar-refractivity contribution in [2.75, 3.05) is 24.6 Å². The number of amides is 1. The Labute approximate surface area is 147 Å². The summed E-state index contributed by atoms with van der Waals surface area (Å²) in [6.07, 6.45) is 1.75. The first-order chi connectivity index (χ1) is 11.3. The molecular weight excluding hydrogens is 348 g/mol. The standard InChI is InChI=1S/C17H21ClN2O3S/c1-3-24(22,23)9-8-20(12-14-6-4-5-7-16(14)18)17(21)15-10-13(2)19-11-15/h4-7,10H,3,8-9,11-12H2,1-2H3. The number of allylic oxidation sites excluding steroid dienone is 1. The van der Waals surface area contributed by atoms with Crippen LogP contribution in [0.2, 0.25) is 5.02 Å². The number of carbonyl (C=O) groups excluding carboxylic acids is 1. The van der Waals surface area contributed by atoms with E-state index in [1.807, 2.05) is 25.1 Å². The molecule has 2 rings (SSSR count). The summed E-state index contributed by atoms with van der Waals surface area (Å²) >= 11 is 6.18. The fourth-order valence-corrected chi connectivity index (χ4v) is 3.35. The third-order valence-corrected chi connectivity index (χ3v) is 5.93. The molecule has 1 aliphatic heterocycles. The second kappa shape index (κ2) is 7.94. The van der Waals surface area contributed by atoms with Gasteiger partial charge >= 0.3 is 0 Å². The first-order valence-corrected chi connectivity index (χ1v) is 9.97. The van der Waals surface area contributed by atoms with Gasteiger partial charge in [-0.1, -0.05) is 36.7 Å². The average Bonchev–Trinajstić information content (AvgIpc) is 2.99. The molecule has 1 amide bonds. The first-order valence-electron chi connectivity index (χ1n) is 7.77. The minimum Gasteiger partial charge on any atom is -0.333 e. The molecule has 0 spiro atoms. The number of halogens is 1. The fraction of sp³-hybridized carbons (Fsp3) is 0.412. The van der Waals surface area contributed by atoms with Gasteiger partial charge in [-0.05, 0) is 24.6 Å². The molecule has 0 unspecified atom stereocenters. The van der Waals surface area contributed by atoms with Gasteiger partial charge in [-0.2, -0.15) is 0 Å². The van der Waals surface area contributed by atoms with Crippen molar-refractivity contribution in [3.8, 4) is 0 Å². The Bertz CT molecular complexity index is 785. The highest BCUT2D eigenvalue weighted by atomic mass is 35.5. The topological polar surface area (TPSA) is 66.8 Å². The van der Waals surface area contributed by atoms with E-state index in [4.69, 9.17) is 11.6 Å². The molecule has 1 aromatic rings. The van der Waals surface area contributed by atoms with E-state index < -0.39 is 9.84 Å².